The summed E-state index contributed by atoms with van der Waals surface area (Å²) in [6, 6.07) is 0.770. The lowest BCUT2D eigenvalue weighted by molar-refractivity contribution is -0.141. The van der Waals surface area contributed by atoms with Crippen LogP contribution in [0.3, 0.4) is 0 Å². The Morgan fingerprint density at radius 3 is 2.50 bits per heavy atom. The van der Waals surface area contributed by atoms with Gasteiger partial charge < -0.3 is 15.1 Å². The van der Waals surface area contributed by atoms with Crippen LogP contribution in [0.2, 0.25) is 5.02 Å². The van der Waals surface area contributed by atoms with E-state index in [0.717, 1.165) is 18.9 Å². The van der Waals surface area contributed by atoms with Crippen molar-refractivity contribution in [3.63, 3.8) is 0 Å². The number of hydrogen-bond acceptors (Lipinski definition) is 7. The van der Waals surface area contributed by atoms with Crippen molar-refractivity contribution in [3.8, 4) is 0 Å². The Kier molecular flexibility index (Phi) is 5.43. The fourth-order valence-electron chi connectivity index (χ4n) is 6.67. The first kappa shape index (κ1) is 23.5. The molecule has 13 heteroatoms. The molecule has 192 valence electrons. The Morgan fingerprint density at radius 1 is 1.14 bits per heavy atom. The molecule has 4 heterocycles. The number of fused-ring (bicyclic) bond motifs is 8. The van der Waals surface area contributed by atoms with Gasteiger partial charge in [-0.15, -0.1) is 0 Å². The summed E-state index contributed by atoms with van der Waals surface area (Å²) in [5.74, 6) is -2.35. The number of nitrogens with zero attached hydrogens (tertiary/aromatic N) is 4. The van der Waals surface area contributed by atoms with Crippen molar-refractivity contribution in [1.29, 1.82) is 0 Å². The number of anilines is 1. The largest absolute Gasteiger partial charge is 0.417 e. The summed E-state index contributed by atoms with van der Waals surface area (Å²) in [7, 11) is 0. The van der Waals surface area contributed by atoms with Crippen LogP contribution in [-0.4, -0.2) is 70.5 Å². The first-order chi connectivity index (χ1) is 17.2. The van der Waals surface area contributed by atoms with Crippen LogP contribution >= 0.6 is 11.6 Å². The zero-order chi connectivity index (χ0) is 25.4. The molecule has 2 saturated heterocycles. The number of carbonyl (C=O) groups is 3. The molecule has 1 N–H and O–H groups in total. The molecule has 6 atom stereocenters. The average molecular weight is 526 g/mol. The van der Waals surface area contributed by atoms with Crippen molar-refractivity contribution >= 4 is 40.9 Å². The SMILES string of the molecule is O=C(C1=NO[C@@H]2[C@H]3C[C@H]([C@H]4C(=O)N(CCNc5ncc(C(F)(F)F)cc5Cl)C(=O)[C@H]34)[C@H]12)N1CCCC1. The number of pyridine rings is 1. The Hall–Kier alpha value is -2.89. The van der Waals surface area contributed by atoms with E-state index >= 15 is 0 Å². The lowest BCUT2D eigenvalue weighted by Crippen LogP contribution is -2.45. The van der Waals surface area contributed by atoms with Crippen molar-refractivity contribution < 1.29 is 32.4 Å². The number of imide groups is 1. The van der Waals surface area contributed by atoms with Gasteiger partial charge in [0.15, 0.2) is 5.71 Å². The van der Waals surface area contributed by atoms with Crippen LogP contribution in [0.25, 0.3) is 0 Å². The second kappa shape index (κ2) is 8.32. The Balaban J connectivity index is 1.12. The molecule has 3 amide bonds. The number of amides is 3. The fraction of sp³-hybridized carbons (Fsp3) is 0.609. The lowest BCUT2D eigenvalue weighted by Gasteiger charge is -2.30. The second-order valence-electron chi connectivity index (χ2n) is 9.99. The van der Waals surface area contributed by atoms with Gasteiger partial charge in [-0.2, -0.15) is 13.2 Å². The smallest absolute Gasteiger partial charge is 0.391 e. The van der Waals surface area contributed by atoms with Crippen LogP contribution in [-0.2, 0) is 25.4 Å². The summed E-state index contributed by atoms with van der Waals surface area (Å²) < 4.78 is 38.4. The van der Waals surface area contributed by atoms with E-state index in [9.17, 15) is 27.6 Å². The number of aromatic nitrogens is 1. The minimum absolute atomic E-state index is 0.0208. The maximum absolute atomic E-state index is 13.3. The number of hydrogen-bond donors (Lipinski definition) is 1. The maximum Gasteiger partial charge on any atom is 0.417 e. The van der Waals surface area contributed by atoms with Crippen LogP contribution in [0.15, 0.2) is 17.4 Å². The molecule has 0 unspecified atom stereocenters. The van der Waals surface area contributed by atoms with Crippen LogP contribution in [0.4, 0.5) is 19.0 Å². The van der Waals surface area contributed by atoms with E-state index in [-0.39, 0.29) is 65.5 Å². The molecule has 0 aromatic carbocycles. The predicted octanol–water partition coefficient (Wildman–Crippen LogP) is 2.41. The number of halogens is 4. The van der Waals surface area contributed by atoms with Crippen molar-refractivity contribution in [2.75, 3.05) is 31.5 Å². The minimum Gasteiger partial charge on any atom is -0.391 e. The molecule has 2 bridgehead atoms. The third-order valence-corrected chi connectivity index (χ3v) is 8.48. The van der Waals surface area contributed by atoms with E-state index in [1.807, 2.05) is 0 Å². The first-order valence-corrected chi connectivity index (χ1v) is 12.4. The summed E-state index contributed by atoms with van der Waals surface area (Å²) in [5, 5.41) is 6.70. The zero-order valence-electron chi connectivity index (χ0n) is 19.0. The van der Waals surface area contributed by atoms with Crippen molar-refractivity contribution in [1.82, 2.24) is 14.8 Å². The normalized spacial score (nSPS) is 32.6. The van der Waals surface area contributed by atoms with Crippen LogP contribution in [0.5, 0.6) is 0 Å². The van der Waals surface area contributed by atoms with Crippen LogP contribution in [0.1, 0.15) is 24.8 Å². The highest BCUT2D eigenvalue weighted by atomic mass is 35.5. The number of oxime groups is 1. The third-order valence-electron chi connectivity index (χ3n) is 8.19. The standard InChI is InChI=1S/C23H23ClF3N5O4/c24-13-7-10(23(25,26)27)9-29-19(13)28-3-6-32-20(33)14-11-8-12(15(14)21(32)34)18-16(11)17(30-36-18)22(35)31-4-1-2-5-31/h7,9,11-12,14-16,18H,1-6,8H2,(H,28,29)/t11-,12+,14-,15-,16-,18-/m1/s1. The molecule has 0 spiro atoms. The average Bonchev–Trinajstić information content (AvgIpc) is 3.63. The summed E-state index contributed by atoms with van der Waals surface area (Å²) in [5.41, 5.74) is -0.596. The number of carbonyl (C=O) groups excluding carboxylic acids is 3. The summed E-state index contributed by atoms with van der Waals surface area (Å²) >= 11 is 5.92. The highest BCUT2D eigenvalue weighted by Crippen LogP contribution is 2.61. The van der Waals surface area contributed by atoms with Crippen molar-refractivity contribution in [3.05, 3.63) is 22.8 Å². The van der Waals surface area contributed by atoms with Gasteiger partial charge in [0.25, 0.3) is 5.91 Å². The van der Waals surface area contributed by atoms with Gasteiger partial charge >= 0.3 is 6.18 Å². The summed E-state index contributed by atoms with van der Waals surface area (Å²) in [6.45, 7) is 1.47. The lowest BCUT2D eigenvalue weighted by atomic mass is 9.72. The molecule has 3 aliphatic heterocycles. The number of nitrogens with one attached hydrogen (secondary N) is 1. The van der Waals surface area contributed by atoms with Gasteiger partial charge in [0, 0.05) is 38.3 Å². The highest BCUT2D eigenvalue weighted by molar-refractivity contribution is 6.40. The van der Waals surface area contributed by atoms with Gasteiger partial charge in [-0.3, -0.25) is 19.3 Å². The van der Waals surface area contributed by atoms with Gasteiger partial charge in [-0.25, -0.2) is 4.98 Å². The van der Waals surface area contributed by atoms with E-state index in [1.54, 1.807) is 4.90 Å². The topological polar surface area (TPSA) is 104 Å². The Morgan fingerprint density at radius 2 is 1.83 bits per heavy atom. The molecule has 6 rings (SSSR count). The van der Waals surface area contributed by atoms with Crippen LogP contribution < -0.4 is 5.32 Å². The monoisotopic (exact) mass is 525 g/mol. The van der Waals surface area contributed by atoms with Gasteiger partial charge in [-0.1, -0.05) is 16.8 Å². The number of rotatable bonds is 5. The highest BCUT2D eigenvalue weighted by Gasteiger charge is 2.70. The minimum atomic E-state index is -4.56. The molecule has 1 aromatic rings. The first-order valence-electron chi connectivity index (χ1n) is 12.0. The van der Waals surface area contributed by atoms with E-state index in [2.05, 4.69) is 15.5 Å². The molecular weight excluding hydrogens is 503 g/mol. The van der Waals surface area contributed by atoms with E-state index in [1.165, 1.54) is 4.90 Å². The van der Waals surface area contributed by atoms with E-state index < -0.39 is 23.6 Å². The number of alkyl halides is 3. The summed E-state index contributed by atoms with van der Waals surface area (Å²) in [6.07, 6.45) is -1.72. The third kappa shape index (κ3) is 3.47. The molecule has 4 fully saturated rings. The zero-order valence-corrected chi connectivity index (χ0v) is 19.8. The molecule has 9 nitrogen and oxygen atoms in total. The van der Waals surface area contributed by atoms with Crippen LogP contribution in [0, 0.1) is 29.6 Å². The van der Waals surface area contributed by atoms with Crippen molar-refractivity contribution in [2.24, 2.45) is 34.7 Å². The van der Waals surface area contributed by atoms with E-state index in [0.29, 0.717) is 31.4 Å². The Labute approximate surface area is 209 Å². The molecule has 0 radical (unpaired) electrons. The quantitative estimate of drug-likeness (QED) is 0.592. The van der Waals surface area contributed by atoms with Gasteiger partial charge in [0.05, 0.1) is 28.3 Å². The molecule has 36 heavy (non-hydrogen) atoms. The second-order valence-corrected chi connectivity index (χ2v) is 10.4. The molecule has 2 aliphatic carbocycles. The molecule has 1 aromatic heterocycles. The molecule has 5 aliphatic rings. The predicted molar refractivity (Wildman–Crippen MR) is 120 cm³/mol. The van der Waals surface area contributed by atoms with Crippen molar-refractivity contribution in [2.45, 2.75) is 31.5 Å². The summed E-state index contributed by atoms with van der Waals surface area (Å²) in [4.78, 5) is 51.9. The van der Waals surface area contributed by atoms with E-state index in [4.69, 9.17) is 16.4 Å². The van der Waals surface area contributed by atoms with Gasteiger partial charge in [0.2, 0.25) is 11.8 Å². The Bertz CT molecular complexity index is 1170. The fourth-order valence-corrected chi connectivity index (χ4v) is 6.91. The van der Waals surface area contributed by atoms with Gasteiger partial charge in [0.1, 0.15) is 11.9 Å². The van der Waals surface area contributed by atoms with Gasteiger partial charge in [-0.05, 0) is 31.2 Å². The molecule has 2 saturated carbocycles. The maximum atomic E-state index is 13.3. The molecular formula is C23H23ClF3N5O4. The number of likely N-dealkylation sites (tertiary alicyclic amines) is 2.